The monoisotopic (exact) mass is 267 g/mol. The van der Waals surface area contributed by atoms with E-state index in [-0.39, 0.29) is 11.6 Å². The third-order valence-electron chi connectivity index (χ3n) is 4.43. The lowest BCUT2D eigenvalue weighted by atomic mass is 9.84. The molecular weight excluding hydrogens is 242 g/mol. The number of hydrogen-bond acceptors (Lipinski definition) is 4. The van der Waals surface area contributed by atoms with Crippen LogP contribution in [-0.2, 0) is 6.42 Å². The van der Waals surface area contributed by atoms with Gasteiger partial charge in [0.2, 0.25) is 0 Å². The van der Waals surface area contributed by atoms with Gasteiger partial charge in [-0.3, -0.25) is 4.90 Å². The van der Waals surface area contributed by atoms with Crippen molar-refractivity contribution in [1.29, 1.82) is 0 Å². The van der Waals surface area contributed by atoms with E-state index in [2.05, 4.69) is 23.7 Å². The summed E-state index contributed by atoms with van der Waals surface area (Å²) in [6, 6.07) is 0.214. The van der Waals surface area contributed by atoms with Gasteiger partial charge >= 0.3 is 0 Å². The van der Waals surface area contributed by atoms with Gasteiger partial charge in [0.15, 0.2) is 0 Å². The van der Waals surface area contributed by atoms with Gasteiger partial charge in [0, 0.05) is 29.6 Å². The maximum absolute atomic E-state index is 6.58. The fraction of sp³-hybridized carbons (Fsp3) is 0.786. The highest BCUT2D eigenvalue weighted by atomic mass is 32.1. The maximum atomic E-state index is 6.58. The van der Waals surface area contributed by atoms with Crippen LogP contribution >= 0.6 is 11.3 Å². The van der Waals surface area contributed by atoms with E-state index in [1.807, 2.05) is 11.6 Å². The Kier molecular flexibility index (Phi) is 4.76. The molecule has 1 aromatic heterocycles. The highest BCUT2D eigenvalue weighted by Crippen LogP contribution is 2.38. The first-order chi connectivity index (χ1) is 8.73. The minimum atomic E-state index is 0.214. The topological polar surface area (TPSA) is 42.1 Å². The molecule has 2 rings (SSSR count). The van der Waals surface area contributed by atoms with Crippen LogP contribution in [0.4, 0.5) is 0 Å². The highest BCUT2D eigenvalue weighted by molar-refractivity contribution is 7.09. The van der Waals surface area contributed by atoms with Crippen molar-refractivity contribution >= 4 is 11.3 Å². The Morgan fingerprint density at radius 3 is 2.56 bits per heavy atom. The summed E-state index contributed by atoms with van der Waals surface area (Å²) in [5.41, 5.74) is 6.80. The second-order valence-corrected chi connectivity index (χ2v) is 6.20. The number of nitrogens with zero attached hydrogens (tertiary/aromatic N) is 2. The molecule has 1 aromatic rings. The van der Waals surface area contributed by atoms with Crippen molar-refractivity contribution in [3.63, 3.8) is 0 Å². The SMILES string of the molecule is CCN(CC)C1(C(N)Cc2nccs2)CCCC1. The second kappa shape index (κ2) is 6.13. The van der Waals surface area contributed by atoms with Gasteiger partial charge in [-0.15, -0.1) is 11.3 Å². The third kappa shape index (κ3) is 2.60. The van der Waals surface area contributed by atoms with E-state index >= 15 is 0 Å². The summed E-state index contributed by atoms with van der Waals surface area (Å²) in [6.45, 7) is 6.70. The van der Waals surface area contributed by atoms with Gasteiger partial charge in [-0.2, -0.15) is 0 Å². The first kappa shape index (κ1) is 14.0. The van der Waals surface area contributed by atoms with Gasteiger partial charge in [-0.05, 0) is 25.9 Å². The Labute approximate surface area is 114 Å². The molecule has 0 spiro atoms. The number of likely N-dealkylation sites (N-methyl/N-ethyl adjacent to an activating group) is 1. The zero-order chi connectivity index (χ0) is 13.0. The molecule has 0 radical (unpaired) electrons. The van der Waals surface area contributed by atoms with Crippen molar-refractivity contribution in [3.05, 3.63) is 16.6 Å². The van der Waals surface area contributed by atoms with Gasteiger partial charge < -0.3 is 5.73 Å². The molecule has 1 heterocycles. The Morgan fingerprint density at radius 2 is 2.06 bits per heavy atom. The number of thiazole rings is 1. The molecule has 0 saturated heterocycles. The summed E-state index contributed by atoms with van der Waals surface area (Å²) in [5.74, 6) is 0. The van der Waals surface area contributed by atoms with Crippen LogP contribution in [0.1, 0.15) is 44.5 Å². The first-order valence-corrected chi connectivity index (χ1v) is 8.00. The fourth-order valence-electron chi connectivity index (χ4n) is 3.49. The second-order valence-electron chi connectivity index (χ2n) is 5.22. The van der Waals surface area contributed by atoms with Crippen molar-refractivity contribution in [1.82, 2.24) is 9.88 Å². The molecule has 18 heavy (non-hydrogen) atoms. The van der Waals surface area contributed by atoms with Crippen LogP contribution in [0.3, 0.4) is 0 Å². The van der Waals surface area contributed by atoms with E-state index in [1.54, 1.807) is 11.3 Å². The molecule has 4 heteroatoms. The average Bonchev–Trinajstić information content (AvgIpc) is 3.02. The maximum Gasteiger partial charge on any atom is 0.0940 e. The lowest BCUT2D eigenvalue weighted by Gasteiger charge is -2.44. The van der Waals surface area contributed by atoms with Crippen molar-refractivity contribution in [3.8, 4) is 0 Å². The largest absolute Gasteiger partial charge is 0.326 e. The third-order valence-corrected chi connectivity index (χ3v) is 5.23. The van der Waals surface area contributed by atoms with E-state index in [0.717, 1.165) is 19.5 Å². The van der Waals surface area contributed by atoms with Crippen LogP contribution in [0.25, 0.3) is 0 Å². The summed E-state index contributed by atoms with van der Waals surface area (Å²) in [4.78, 5) is 6.97. The minimum absolute atomic E-state index is 0.214. The normalized spacial score (nSPS) is 20.4. The van der Waals surface area contributed by atoms with Crippen LogP contribution in [0.5, 0.6) is 0 Å². The molecule has 0 aliphatic heterocycles. The van der Waals surface area contributed by atoms with Gasteiger partial charge in [0.25, 0.3) is 0 Å². The summed E-state index contributed by atoms with van der Waals surface area (Å²) in [5, 5.41) is 3.22. The van der Waals surface area contributed by atoms with Crippen LogP contribution in [0, 0.1) is 0 Å². The molecule has 0 bridgehead atoms. The summed E-state index contributed by atoms with van der Waals surface area (Å²) in [6.07, 6.45) is 7.95. The molecule has 1 aliphatic rings. The highest BCUT2D eigenvalue weighted by Gasteiger charge is 2.43. The number of aromatic nitrogens is 1. The predicted octanol–water partition coefficient (Wildman–Crippen LogP) is 2.67. The van der Waals surface area contributed by atoms with E-state index in [9.17, 15) is 0 Å². The number of rotatable bonds is 6. The molecule has 102 valence electrons. The van der Waals surface area contributed by atoms with Crippen LogP contribution in [-0.4, -0.2) is 34.6 Å². The Morgan fingerprint density at radius 1 is 1.39 bits per heavy atom. The molecule has 0 amide bonds. The average molecular weight is 267 g/mol. The summed E-state index contributed by atoms with van der Waals surface area (Å²) < 4.78 is 0. The molecule has 1 atom stereocenters. The summed E-state index contributed by atoms with van der Waals surface area (Å²) >= 11 is 1.73. The zero-order valence-electron chi connectivity index (χ0n) is 11.6. The number of hydrogen-bond donors (Lipinski definition) is 1. The molecule has 3 nitrogen and oxygen atoms in total. The minimum Gasteiger partial charge on any atom is -0.326 e. The molecule has 1 unspecified atom stereocenters. The van der Waals surface area contributed by atoms with Gasteiger partial charge in [-0.25, -0.2) is 4.98 Å². The molecular formula is C14H25N3S. The Balaban J connectivity index is 2.13. The van der Waals surface area contributed by atoms with Crippen LogP contribution in [0.2, 0.25) is 0 Å². The van der Waals surface area contributed by atoms with Crippen LogP contribution < -0.4 is 5.73 Å². The fourth-order valence-corrected chi connectivity index (χ4v) is 4.17. The van der Waals surface area contributed by atoms with E-state index in [0.29, 0.717) is 0 Å². The van der Waals surface area contributed by atoms with Gasteiger partial charge in [0.05, 0.1) is 5.01 Å². The number of nitrogens with two attached hydrogens (primary N) is 1. The van der Waals surface area contributed by atoms with E-state index in [4.69, 9.17) is 5.73 Å². The van der Waals surface area contributed by atoms with Crippen molar-refractivity contribution in [2.45, 2.75) is 57.5 Å². The van der Waals surface area contributed by atoms with Crippen LogP contribution in [0.15, 0.2) is 11.6 Å². The predicted molar refractivity (Wildman–Crippen MR) is 77.9 cm³/mol. The Hall–Kier alpha value is -0.450. The molecule has 0 aromatic carbocycles. The van der Waals surface area contributed by atoms with Gasteiger partial charge in [-0.1, -0.05) is 26.7 Å². The smallest absolute Gasteiger partial charge is 0.0940 e. The van der Waals surface area contributed by atoms with Crippen molar-refractivity contribution in [2.75, 3.05) is 13.1 Å². The first-order valence-electron chi connectivity index (χ1n) is 7.12. The van der Waals surface area contributed by atoms with Crippen molar-refractivity contribution in [2.24, 2.45) is 5.73 Å². The molecule has 1 saturated carbocycles. The lowest BCUT2D eigenvalue weighted by molar-refractivity contribution is 0.0771. The zero-order valence-corrected chi connectivity index (χ0v) is 12.4. The summed E-state index contributed by atoms with van der Waals surface area (Å²) in [7, 11) is 0. The lowest BCUT2D eigenvalue weighted by Crippen LogP contribution is -2.59. The van der Waals surface area contributed by atoms with Crippen molar-refractivity contribution < 1.29 is 0 Å². The van der Waals surface area contributed by atoms with E-state index in [1.165, 1.54) is 30.7 Å². The van der Waals surface area contributed by atoms with Gasteiger partial charge in [0.1, 0.15) is 0 Å². The standard InChI is InChI=1S/C14H25N3S/c1-3-17(4-2)14(7-5-6-8-14)12(15)11-13-16-9-10-18-13/h9-10,12H,3-8,11,15H2,1-2H3. The quantitative estimate of drug-likeness (QED) is 0.861. The Bertz CT molecular complexity index is 340. The molecule has 2 N–H and O–H groups in total. The van der Waals surface area contributed by atoms with E-state index < -0.39 is 0 Å². The molecule has 1 fully saturated rings. The molecule has 1 aliphatic carbocycles.